The van der Waals surface area contributed by atoms with Crippen LogP contribution in [0.25, 0.3) is 0 Å². The fourth-order valence-corrected chi connectivity index (χ4v) is 3.37. The lowest BCUT2D eigenvalue weighted by Crippen LogP contribution is -2.31. The van der Waals surface area contributed by atoms with Crippen molar-refractivity contribution in [3.8, 4) is 0 Å². The molecule has 132 valence electrons. The number of amides is 1. The molecule has 3 rings (SSSR count). The van der Waals surface area contributed by atoms with Crippen LogP contribution in [0.4, 0.5) is 5.69 Å². The van der Waals surface area contributed by atoms with Crippen LogP contribution in [0.2, 0.25) is 0 Å². The van der Waals surface area contributed by atoms with E-state index >= 15 is 0 Å². The van der Waals surface area contributed by atoms with Crippen LogP contribution in [-0.2, 0) is 6.54 Å². The first-order chi connectivity index (χ1) is 12.2. The minimum absolute atomic E-state index is 0.000587. The number of hydrogen-bond donors (Lipinski definition) is 2. The number of anilines is 1. The van der Waals surface area contributed by atoms with Gasteiger partial charge in [0.1, 0.15) is 0 Å². The molecule has 1 fully saturated rings. The molecule has 1 aliphatic heterocycles. The molecule has 0 bridgehead atoms. The maximum atomic E-state index is 12.5. The summed E-state index contributed by atoms with van der Waals surface area (Å²) in [6.07, 6.45) is 4.80. The summed E-state index contributed by atoms with van der Waals surface area (Å²) in [6, 6.07) is 10.0. The number of aryl methyl sites for hydroxylation is 1. The number of rotatable bonds is 6. The van der Waals surface area contributed by atoms with Crippen LogP contribution in [0, 0.1) is 12.8 Å². The van der Waals surface area contributed by atoms with Crippen LogP contribution in [0.1, 0.15) is 27.9 Å². The molecule has 1 atom stereocenters. The topological polar surface area (TPSA) is 57.3 Å². The Hall–Kier alpha value is -2.40. The number of carbonyl (C=O) groups is 1. The average Bonchev–Trinajstić information content (AvgIpc) is 3.08. The zero-order chi connectivity index (χ0) is 17.6. The molecule has 1 saturated heterocycles. The summed E-state index contributed by atoms with van der Waals surface area (Å²) in [4.78, 5) is 19.0. The first kappa shape index (κ1) is 17.4. The number of benzene rings is 1. The van der Waals surface area contributed by atoms with E-state index < -0.39 is 0 Å². The fraction of sp³-hybridized carbons (Fsp3) is 0.400. The third-order valence-electron chi connectivity index (χ3n) is 4.77. The Balaban J connectivity index is 1.51. The Kier molecular flexibility index (Phi) is 5.66. The van der Waals surface area contributed by atoms with E-state index in [-0.39, 0.29) is 5.91 Å². The second-order valence-electron chi connectivity index (χ2n) is 6.75. The van der Waals surface area contributed by atoms with Gasteiger partial charge < -0.3 is 10.6 Å². The molecule has 0 aliphatic carbocycles. The molecule has 1 amide bonds. The first-order valence-corrected chi connectivity index (χ1v) is 8.83. The number of aromatic nitrogens is 1. The minimum atomic E-state index is 0.000587. The SMILES string of the molecule is CNc1ccc(C)cc1C(=O)NC[C@@H]1CCN(Cc2ccncc2)C1. The highest BCUT2D eigenvalue weighted by Gasteiger charge is 2.23. The van der Waals surface area contributed by atoms with E-state index in [4.69, 9.17) is 0 Å². The largest absolute Gasteiger partial charge is 0.387 e. The third kappa shape index (κ3) is 4.57. The molecule has 0 saturated carbocycles. The highest BCUT2D eigenvalue weighted by molar-refractivity contribution is 5.99. The number of likely N-dealkylation sites (tertiary alicyclic amines) is 1. The molecule has 1 aromatic carbocycles. The summed E-state index contributed by atoms with van der Waals surface area (Å²) < 4.78 is 0. The summed E-state index contributed by atoms with van der Waals surface area (Å²) >= 11 is 0. The quantitative estimate of drug-likeness (QED) is 0.850. The van der Waals surface area contributed by atoms with E-state index in [2.05, 4.69) is 32.7 Å². The molecule has 25 heavy (non-hydrogen) atoms. The van der Waals surface area contributed by atoms with Gasteiger partial charge in [-0.1, -0.05) is 11.6 Å². The highest BCUT2D eigenvalue weighted by atomic mass is 16.1. The Labute approximate surface area is 149 Å². The summed E-state index contributed by atoms with van der Waals surface area (Å²) in [7, 11) is 1.84. The second-order valence-corrected chi connectivity index (χ2v) is 6.75. The zero-order valence-corrected chi connectivity index (χ0v) is 15.0. The van der Waals surface area contributed by atoms with Gasteiger partial charge in [-0.3, -0.25) is 14.7 Å². The predicted octanol–water partition coefficient (Wildman–Crippen LogP) is 2.68. The van der Waals surface area contributed by atoms with E-state index in [9.17, 15) is 4.79 Å². The molecule has 2 N–H and O–H groups in total. The normalized spacial score (nSPS) is 17.4. The minimum Gasteiger partial charge on any atom is -0.387 e. The van der Waals surface area contributed by atoms with Gasteiger partial charge in [0.15, 0.2) is 0 Å². The Morgan fingerprint density at radius 2 is 2.08 bits per heavy atom. The first-order valence-electron chi connectivity index (χ1n) is 8.83. The van der Waals surface area contributed by atoms with Crippen LogP contribution in [0.5, 0.6) is 0 Å². The number of pyridine rings is 1. The smallest absolute Gasteiger partial charge is 0.253 e. The molecule has 1 aliphatic rings. The van der Waals surface area contributed by atoms with Gasteiger partial charge in [0, 0.05) is 44.8 Å². The number of carbonyl (C=O) groups excluding carboxylic acids is 1. The summed E-state index contributed by atoms with van der Waals surface area (Å²) in [5.41, 5.74) is 3.97. The molecule has 5 heteroatoms. The van der Waals surface area contributed by atoms with Gasteiger partial charge in [0.2, 0.25) is 0 Å². The van der Waals surface area contributed by atoms with Crippen molar-refractivity contribution in [2.45, 2.75) is 19.9 Å². The van der Waals surface area contributed by atoms with Crippen molar-refractivity contribution < 1.29 is 4.79 Å². The highest BCUT2D eigenvalue weighted by Crippen LogP contribution is 2.19. The van der Waals surface area contributed by atoms with Gasteiger partial charge >= 0.3 is 0 Å². The van der Waals surface area contributed by atoms with Gasteiger partial charge in [-0.05, 0) is 55.6 Å². The fourth-order valence-electron chi connectivity index (χ4n) is 3.37. The number of hydrogen-bond acceptors (Lipinski definition) is 4. The lowest BCUT2D eigenvalue weighted by atomic mass is 10.1. The maximum absolute atomic E-state index is 12.5. The summed E-state index contributed by atoms with van der Waals surface area (Å²) in [5, 5.41) is 6.20. The van der Waals surface area contributed by atoms with Crippen LogP contribution in [0.3, 0.4) is 0 Å². The monoisotopic (exact) mass is 338 g/mol. The molecular weight excluding hydrogens is 312 g/mol. The summed E-state index contributed by atoms with van der Waals surface area (Å²) in [5.74, 6) is 0.509. The lowest BCUT2D eigenvalue weighted by molar-refractivity contribution is 0.0948. The van der Waals surface area contributed by atoms with Crippen molar-refractivity contribution in [1.29, 1.82) is 0 Å². The van der Waals surface area contributed by atoms with Crippen molar-refractivity contribution in [3.63, 3.8) is 0 Å². The molecule has 0 radical (unpaired) electrons. The van der Waals surface area contributed by atoms with Crippen molar-refractivity contribution in [3.05, 3.63) is 59.4 Å². The number of nitrogens with zero attached hydrogens (tertiary/aromatic N) is 2. The van der Waals surface area contributed by atoms with Crippen molar-refractivity contribution >= 4 is 11.6 Å². The molecule has 5 nitrogen and oxygen atoms in total. The van der Waals surface area contributed by atoms with Crippen LogP contribution in [0.15, 0.2) is 42.7 Å². The Bertz CT molecular complexity index is 717. The van der Waals surface area contributed by atoms with Crippen LogP contribution >= 0.6 is 0 Å². The van der Waals surface area contributed by atoms with Gasteiger partial charge in [0.05, 0.1) is 5.56 Å². The zero-order valence-electron chi connectivity index (χ0n) is 15.0. The third-order valence-corrected chi connectivity index (χ3v) is 4.77. The molecule has 0 unspecified atom stereocenters. The van der Waals surface area contributed by atoms with Gasteiger partial charge in [0.25, 0.3) is 5.91 Å². The van der Waals surface area contributed by atoms with E-state index in [1.165, 1.54) is 5.56 Å². The van der Waals surface area contributed by atoms with Crippen molar-refractivity contribution in [1.82, 2.24) is 15.2 Å². The van der Waals surface area contributed by atoms with E-state index in [1.54, 1.807) is 0 Å². The molecule has 0 spiro atoms. The van der Waals surface area contributed by atoms with Crippen molar-refractivity contribution in [2.75, 3.05) is 32.0 Å². The van der Waals surface area contributed by atoms with Crippen molar-refractivity contribution in [2.24, 2.45) is 5.92 Å². The van der Waals surface area contributed by atoms with Gasteiger partial charge in [-0.2, -0.15) is 0 Å². The van der Waals surface area contributed by atoms with E-state index in [0.29, 0.717) is 11.5 Å². The molecule has 2 aromatic rings. The van der Waals surface area contributed by atoms with Crippen LogP contribution in [-0.4, -0.2) is 42.5 Å². The van der Waals surface area contributed by atoms with Crippen LogP contribution < -0.4 is 10.6 Å². The van der Waals surface area contributed by atoms with E-state index in [0.717, 1.165) is 43.9 Å². The lowest BCUT2D eigenvalue weighted by Gasteiger charge is -2.17. The Morgan fingerprint density at radius 3 is 2.84 bits per heavy atom. The maximum Gasteiger partial charge on any atom is 0.253 e. The van der Waals surface area contributed by atoms with Gasteiger partial charge in [-0.25, -0.2) is 0 Å². The molecule has 1 aromatic heterocycles. The average molecular weight is 338 g/mol. The predicted molar refractivity (Wildman–Crippen MR) is 101 cm³/mol. The number of nitrogens with one attached hydrogen (secondary N) is 2. The van der Waals surface area contributed by atoms with Gasteiger partial charge in [-0.15, -0.1) is 0 Å². The Morgan fingerprint density at radius 1 is 1.28 bits per heavy atom. The molecule has 2 heterocycles. The standard InChI is InChI=1S/C20H26N4O/c1-15-3-4-19(21-2)18(11-15)20(25)23-12-17-7-10-24(14-17)13-16-5-8-22-9-6-16/h3-6,8-9,11,17,21H,7,10,12-14H2,1-2H3,(H,23,25)/t17-/m0/s1. The second kappa shape index (κ2) is 8.12. The van der Waals surface area contributed by atoms with E-state index in [1.807, 2.05) is 44.6 Å². The molecular formula is C20H26N4O. The summed E-state index contributed by atoms with van der Waals surface area (Å²) in [6.45, 7) is 5.78.